The summed E-state index contributed by atoms with van der Waals surface area (Å²) in [5.41, 5.74) is 1.31. The van der Waals surface area contributed by atoms with E-state index in [4.69, 9.17) is 4.74 Å². The Bertz CT molecular complexity index is 790. The Morgan fingerprint density at radius 1 is 1.36 bits per heavy atom. The summed E-state index contributed by atoms with van der Waals surface area (Å²) in [7, 11) is -3.01. The molecular formula is C20H31BrN2O4S. The van der Waals surface area contributed by atoms with Crippen LogP contribution in [0.3, 0.4) is 0 Å². The summed E-state index contributed by atoms with van der Waals surface area (Å²) in [5.74, 6) is 1.01. The average molecular weight is 475 g/mol. The van der Waals surface area contributed by atoms with Gasteiger partial charge in [-0.3, -0.25) is 0 Å². The lowest BCUT2D eigenvalue weighted by atomic mass is 9.87. The van der Waals surface area contributed by atoms with Gasteiger partial charge in [-0.05, 0) is 58.8 Å². The standard InChI is InChI=1S/C20H31BrN2O4S/c1-5-23(16-9-12-28(25,26)14-16)19(24)22-10-6-11-27-18-8-7-15(13-17(18)21)20(2,3)4/h7-8,13,16H,5-6,9-12,14H2,1-4H3,(H,22,24). The number of halogens is 1. The van der Waals surface area contributed by atoms with Gasteiger partial charge in [0.25, 0.3) is 0 Å². The van der Waals surface area contributed by atoms with Gasteiger partial charge in [0.2, 0.25) is 0 Å². The van der Waals surface area contributed by atoms with Crippen molar-refractivity contribution in [1.29, 1.82) is 0 Å². The number of carbonyl (C=O) groups excluding carboxylic acids is 1. The molecule has 1 fully saturated rings. The summed E-state index contributed by atoms with van der Waals surface area (Å²) in [6.07, 6.45) is 1.19. The van der Waals surface area contributed by atoms with E-state index in [-0.39, 0.29) is 29.0 Å². The number of amides is 2. The molecule has 1 aliphatic heterocycles. The predicted octanol–water partition coefficient (Wildman–Crippen LogP) is 3.73. The van der Waals surface area contributed by atoms with E-state index in [2.05, 4.69) is 54.2 Å². The van der Waals surface area contributed by atoms with E-state index in [1.165, 1.54) is 5.56 Å². The molecule has 0 aliphatic carbocycles. The van der Waals surface area contributed by atoms with Crippen molar-refractivity contribution in [2.75, 3.05) is 31.2 Å². The average Bonchev–Trinajstić information content (AvgIpc) is 2.95. The van der Waals surface area contributed by atoms with Gasteiger partial charge in [0.15, 0.2) is 9.84 Å². The molecule has 0 bridgehead atoms. The second-order valence-electron chi connectivity index (χ2n) is 8.17. The van der Waals surface area contributed by atoms with E-state index in [1.54, 1.807) is 4.90 Å². The first-order valence-corrected chi connectivity index (χ1v) is 12.3. The van der Waals surface area contributed by atoms with E-state index in [9.17, 15) is 13.2 Å². The van der Waals surface area contributed by atoms with Crippen molar-refractivity contribution in [3.8, 4) is 5.75 Å². The van der Waals surface area contributed by atoms with Crippen LogP contribution in [0.25, 0.3) is 0 Å². The zero-order chi connectivity index (χ0) is 20.9. The van der Waals surface area contributed by atoms with Gasteiger partial charge in [0.05, 0.1) is 22.6 Å². The van der Waals surface area contributed by atoms with Crippen molar-refractivity contribution in [2.24, 2.45) is 0 Å². The van der Waals surface area contributed by atoms with Gasteiger partial charge in [0, 0.05) is 19.1 Å². The van der Waals surface area contributed by atoms with Crippen molar-refractivity contribution in [3.05, 3.63) is 28.2 Å². The van der Waals surface area contributed by atoms with E-state index in [1.807, 2.05) is 13.0 Å². The summed E-state index contributed by atoms with van der Waals surface area (Å²) < 4.78 is 30.0. The minimum Gasteiger partial charge on any atom is -0.492 e. The smallest absolute Gasteiger partial charge is 0.317 e. The Hall–Kier alpha value is -1.28. The van der Waals surface area contributed by atoms with Crippen molar-refractivity contribution in [1.82, 2.24) is 10.2 Å². The van der Waals surface area contributed by atoms with Crippen LogP contribution >= 0.6 is 15.9 Å². The molecule has 1 saturated heterocycles. The molecule has 6 nitrogen and oxygen atoms in total. The number of benzene rings is 1. The number of hydrogen-bond donors (Lipinski definition) is 1. The van der Waals surface area contributed by atoms with Crippen LogP contribution in [-0.4, -0.2) is 56.6 Å². The van der Waals surface area contributed by atoms with Gasteiger partial charge < -0.3 is 15.0 Å². The molecule has 158 valence electrons. The van der Waals surface area contributed by atoms with E-state index in [0.717, 1.165) is 10.2 Å². The van der Waals surface area contributed by atoms with Crippen LogP contribution in [0, 0.1) is 0 Å². The minimum atomic E-state index is -3.01. The fraction of sp³-hybridized carbons (Fsp3) is 0.650. The number of ether oxygens (including phenoxy) is 1. The second-order valence-corrected chi connectivity index (χ2v) is 11.3. The highest BCUT2D eigenvalue weighted by atomic mass is 79.9. The molecule has 2 rings (SSSR count). The van der Waals surface area contributed by atoms with Gasteiger partial charge in [-0.15, -0.1) is 0 Å². The zero-order valence-corrected chi connectivity index (χ0v) is 19.5. The van der Waals surface area contributed by atoms with Crippen LogP contribution in [0.4, 0.5) is 4.79 Å². The fourth-order valence-corrected chi connectivity index (χ4v) is 5.45. The monoisotopic (exact) mass is 474 g/mol. The molecule has 0 radical (unpaired) electrons. The molecule has 1 aliphatic rings. The van der Waals surface area contributed by atoms with Crippen molar-refractivity contribution >= 4 is 31.8 Å². The van der Waals surface area contributed by atoms with Crippen LogP contribution in [0.15, 0.2) is 22.7 Å². The summed E-state index contributed by atoms with van der Waals surface area (Å²) in [6, 6.07) is 5.68. The molecule has 1 aromatic rings. The Morgan fingerprint density at radius 3 is 2.61 bits per heavy atom. The van der Waals surface area contributed by atoms with Crippen LogP contribution in [0.1, 0.15) is 46.1 Å². The molecule has 0 spiro atoms. The van der Waals surface area contributed by atoms with E-state index >= 15 is 0 Å². The topological polar surface area (TPSA) is 75.7 Å². The molecule has 2 amide bonds. The third-order valence-electron chi connectivity index (χ3n) is 4.90. The first kappa shape index (κ1) is 23.0. The van der Waals surface area contributed by atoms with Crippen molar-refractivity contribution in [2.45, 2.75) is 52.0 Å². The molecular weight excluding hydrogens is 444 g/mol. The molecule has 1 aromatic carbocycles. The maximum atomic E-state index is 12.4. The first-order chi connectivity index (χ1) is 13.0. The summed E-state index contributed by atoms with van der Waals surface area (Å²) in [6.45, 7) is 9.82. The number of sulfone groups is 1. The molecule has 8 heteroatoms. The van der Waals surface area contributed by atoms with Crippen LogP contribution in [0.5, 0.6) is 5.75 Å². The SMILES string of the molecule is CCN(C(=O)NCCCOc1ccc(C(C)(C)C)cc1Br)C1CCS(=O)(=O)C1. The summed E-state index contributed by atoms with van der Waals surface area (Å²) in [5, 5.41) is 2.87. The van der Waals surface area contributed by atoms with Gasteiger partial charge in [0.1, 0.15) is 5.75 Å². The molecule has 1 N–H and O–H groups in total. The lowest BCUT2D eigenvalue weighted by Gasteiger charge is -2.27. The predicted molar refractivity (Wildman–Crippen MR) is 116 cm³/mol. The molecule has 1 unspecified atom stereocenters. The molecule has 28 heavy (non-hydrogen) atoms. The number of carbonyl (C=O) groups is 1. The third kappa shape index (κ3) is 6.37. The lowest BCUT2D eigenvalue weighted by molar-refractivity contribution is 0.183. The van der Waals surface area contributed by atoms with Gasteiger partial charge >= 0.3 is 6.03 Å². The van der Waals surface area contributed by atoms with Gasteiger partial charge in [-0.2, -0.15) is 0 Å². The highest BCUT2D eigenvalue weighted by Gasteiger charge is 2.33. The first-order valence-electron chi connectivity index (χ1n) is 9.71. The quantitative estimate of drug-likeness (QED) is 0.610. The fourth-order valence-electron chi connectivity index (χ4n) is 3.22. The highest BCUT2D eigenvalue weighted by molar-refractivity contribution is 9.10. The largest absolute Gasteiger partial charge is 0.492 e. The van der Waals surface area contributed by atoms with Crippen LogP contribution < -0.4 is 10.1 Å². The Balaban J connectivity index is 1.76. The highest BCUT2D eigenvalue weighted by Crippen LogP contribution is 2.31. The van der Waals surface area contributed by atoms with E-state index < -0.39 is 9.84 Å². The van der Waals surface area contributed by atoms with Crippen molar-refractivity contribution < 1.29 is 17.9 Å². The summed E-state index contributed by atoms with van der Waals surface area (Å²) in [4.78, 5) is 14.0. The number of urea groups is 1. The Labute approximate surface area is 177 Å². The maximum Gasteiger partial charge on any atom is 0.317 e. The number of nitrogens with one attached hydrogen (secondary N) is 1. The van der Waals surface area contributed by atoms with Gasteiger partial charge in [-0.25, -0.2) is 13.2 Å². The van der Waals surface area contributed by atoms with Crippen LogP contribution in [0.2, 0.25) is 0 Å². The third-order valence-corrected chi connectivity index (χ3v) is 7.27. The Kier molecular flexibility index (Phi) is 7.79. The zero-order valence-electron chi connectivity index (χ0n) is 17.1. The second kappa shape index (κ2) is 9.48. The maximum absolute atomic E-state index is 12.4. The van der Waals surface area contributed by atoms with E-state index in [0.29, 0.717) is 32.5 Å². The number of nitrogens with zero attached hydrogens (tertiary/aromatic N) is 1. The number of rotatable bonds is 7. The molecule has 0 saturated carbocycles. The summed E-state index contributed by atoms with van der Waals surface area (Å²) >= 11 is 3.56. The minimum absolute atomic E-state index is 0.0654. The Morgan fingerprint density at radius 2 is 2.07 bits per heavy atom. The van der Waals surface area contributed by atoms with Crippen molar-refractivity contribution in [3.63, 3.8) is 0 Å². The number of hydrogen-bond acceptors (Lipinski definition) is 4. The molecule has 1 heterocycles. The molecule has 1 atom stereocenters. The lowest BCUT2D eigenvalue weighted by Crippen LogP contribution is -2.47. The normalized spacial score (nSPS) is 18.7. The molecule has 0 aromatic heterocycles. The van der Waals surface area contributed by atoms with Gasteiger partial charge in [-0.1, -0.05) is 26.8 Å². The van der Waals surface area contributed by atoms with Crippen LogP contribution in [-0.2, 0) is 15.3 Å².